The first-order valence-electron chi connectivity index (χ1n) is 9.34. The highest BCUT2D eigenvalue weighted by molar-refractivity contribution is 5.97. The topological polar surface area (TPSA) is 48.0 Å². The average Bonchev–Trinajstić information content (AvgIpc) is 2.74. The van der Waals surface area contributed by atoms with E-state index in [9.17, 15) is 4.79 Å². The molecule has 144 valence electrons. The molecule has 0 atom stereocenters. The Morgan fingerprint density at radius 3 is 2.44 bits per heavy atom. The summed E-state index contributed by atoms with van der Waals surface area (Å²) in [7, 11) is 3.17. The summed E-state index contributed by atoms with van der Waals surface area (Å²) in [5.41, 5.74) is 1.77. The molecule has 0 aromatic heterocycles. The Morgan fingerprint density at radius 1 is 1.04 bits per heavy atom. The molecule has 0 saturated carbocycles. The zero-order valence-electron chi connectivity index (χ0n) is 16.0. The maximum atomic E-state index is 12.9. The Bertz CT molecular complexity index is 739. The Labute approximate surface area is 160 Å². The third kappa shape index (κ3) is 5.01. The lowest BCUT2D eigenvalue weighted by Gasteiger charge is -2.32. The van der Waals surface area contributed by atoms with Crippen LogP contribution in [0.5, 0.6) is 11.5 Å². The van der Waals surface area contributed by atoms with E-state index in [2.05, 4.69) is 12.1 Å². The summed E-state index contributed by atoms with van der Waals surface area (Å²) in [6, 6.07) is 15.5. The first-order valence-corrected chi connectivity index (χ1v) is 9.34. The highest BCUT2D eigenvalue weighted by Crippen LogP contribution is 2.27. The SMILES string of the molecule is COc1ccc(C(=O)N2CCC(COCc3ccccc3)CC2)c(OC)c1. The average molecular weight is 369 g/mol. The minimum Gasteiger partial charge on any atom is -0.497 e. The molecule has 0 aliphatic carbocycles. The maximum absolute atomic E-state index is 12.9. The molecular formula is C22H27NO4. The zero-order valence-corrected chi connectivity index (χ0v) is 16.0. The molecule has 0 N–H and O–H groups in total. The van der Waals surface area contributed by atoms with Gasteiger partial charge in [0.25, 0.3) is 5.91 Å². The minimum absolute atomic E-state index is 0.0122. The maximum Gasteiger partial charge on any atom is 0.257 e. The van der Waals surface area contributed by atoms with E-state index in [4.69, 9.17) is 14.2 Å². The molecule has 1 fully saturated rings. The van der Waals surface area contributed by atoms with Gasteiger partial charge in [-0.1, -0.05) is 30.3 Å². The number of carbonyl (C=O) groups is 1. The number of amides is 1. The Kier molecular flexibility index (Phi) is 6.71. The van der Waals surface area contributed by atoms with Crippen molar-refractivity contribution in [1.82, 2.24) is 4.90 Å². The first-order chi connectivity index (χ1) is 13.2. The molecular weight excluding hydrogens is 342 g/mol. The molecule has 1 amide bonds. The summed E-state index contributed by atoms with van der Waals surface area (Å²) in [6.07, 6.45) is 1.91. The fourth-order valence-electron chi connectivity index (χ4n) is 3.37. The van der Waals surface area contributed by atoms with Crippen LogP contribution in [0.1, 0.15) is 28.8 Å². The lowest BCUT2D eigenvalue weighted by Crippen LogP contribution is -2.39. The van der Waals surface area contributed by atoms with Gasteiger partial charge in [-0.3, -0.25) is 4.79 Å². The molecule has 1 saturated heterocycles. The van der Waals surface area contributed by atoms with Crippen LogP contribution in [0.4, 0.5) is 0 Å². The van der Waals surface area contributed by atoms with Crippen LogP contribution in [0.3, 0.4) is 0 Å². The first kappa shape index (κ1) is 19.2. The Balaban J connectivity index is 1.49. The number of benzene rings is 2. The molecule has 0 radical (unpaired) electrons. The van der Waals surface area contributed by atoms with Gasteiger partial charge in [0.05, 0.1) is 26.4 Å². The van der Waals surface area contributed by atoms with Crippen molar-refractivity contribution in [2.24, 2.45) is 5.92 Å². The van der Waals surface area contributed by atoms with E-state index in [1.54, 1.807) is 32.4 Å². The number of rotatable bonds is 7. The number of methoxy groups -OCH3 is 2. The summed E-state index contributed by atoms with van der Waals surface area (Å²) >= 11 is 0. The van der Waals surface area contributed by atoms with Gasteiger partial charge in [0.15, 0.2) is 0 Å². The van der Waals surface area contributed by atoms with Crippen molar-refractivity contribution in [3.05, 3.63) is 59.7 Å². The van der Waals surface area contributed by atoms with Gasteiger partial charge in [-0.15, -0.1) is 0 Å². The summed E-state index contributed by atoms with van der Waals surface area (Å²) in [5, 5.41) is 0. The molecule has 3 rings (SSSR count). The van der Waals surface area contributed by atoms with Crippen LogP contribution in [0.2, 0.25) is 0 Å². The second-order valence-electron chi connectivity index (χ2n) is 6.80. The zero-order chi connectivity index (χ0) is 19.1. The van der Waals surface area contributed by atoms with E-state index < -0.39 is 0 Å². The van der Waals surface area contributed by atoms with Crippen molar-refractivity contribution in [2.75, 3.05) is 33.9 Å². The Hall–Kier alpha value is -2.53. The van der Waals surface area contributed by atoms with Crippen molar-refractivity contribution >= 4 is 5.91 Å². The number of carbonyl (C=O) groups excluding carboxylic acids is 1. The fourth-order valence-corrected chi connectivity index (χ4v) is 3.37. The van der Waals surface area contributed by atoms with Crippen molar-refractivity contribution in [2.45, 2.75) is 19.4 Å². The van der Waals surface area contributed by atoms with E-state index in [-0.39, 0.29) is 5.91 Å². The van der Waals surface area contributed by atoms with Crippen LogP contribution in [0.15, 0.2) is 48.5 Å². The summed E-state index contributed by atoms with van der Waals surface area (Å²) < 4.78 is 16.4. The quantitative estimate of drug-likeness (QED) is 0.745. The molecule has 0 spiro atoms. The largest absolute Gasteiger partial charge is 0.497 e. The molecule has 27 heavy (non-hydrogen) atoms. The summed E-state index contributed by atoms with van der Waals surface area (Å²) in [6.45, 7) is 2.87. The van der Waals surface area contributed by atoms with Gasteiger partial charge >= 0.3 is 0 Å². The highest BCUT2D eigenvalue weighted by atomic mass is 16.5. The second kappa shape index (κ2) is 9.42. The van der Waals surface area contributed by atoms with Gasteiger partial charge in [0.1, 0.15) is 11.5 Å². The fraction of sp³-hybridized carbons (Fsp3) is 0.409. The third-order valence-electron chi connectivity index (χ3n) is 5.01. The van der Waals surface area contributed by atoms with Crippen LogP contribution < -0.4 is 9.47 Å². The Morgan fingerprint density at radius 2 is 1.78 bits per heavy atom. The summed E-state index contributed by atoms with van der Waals surface area (Å²) in [4.78, 5) is 14.8. The molecule has 5 nitrogen and oxygen atoms in total. The van der Waals surface area contributed by atoms with E-state index in [0.29, 0.717) is 29.6 Å². The predicted molar refractivity (Wildman–Crippen MR) is 104 cm³/mol. The van der Waals surface area contributed by atoms with Gasteiger partial charge in [0.2, 0.25) is 0 Å². The lowest BCUT2D eigenvalue weighted by molar-refractivity contribution is 0.0477. The molecule has 0 bridgehead atoms. The van der Waals surface area contributed by atoms with Crippen LogP contribution in [-0.4, -0.2) is 44.7 Å². The van der Waals surface area contributed by atoms with Crippen LogP contribution >= 0.6 is 0 Å². The van der Waals surface area contributed by atoms with Gasteiger partial charge < -0.3 is 19.1 Å². The van der Waals surface area contributed by atoms with E-state index in [1.165, 1.54) is 5.56 Å². The summed E-state index contributed by atoms with van der Waals surface area (Å²) in [5.74, 6) is 1.74. The van der Waals surface area contributed by atoms with Crippen LogP contribution in [0.25, 0.3) is 0 Å². The van der Waals surface area contributed by atoms with E-state index >= 15 is 0 Å². The van der Waals surface area contributed by atoms with Gasteiger partial charge in [0, 0.05) is 25.8 Å². The van der Waals surface area contributed by atoms with Crippen LogP contribution in [0, 0.1) is 5.92 Å². The number of hydrogen-bond donors (Lipinski definition) is 0. The normalized spacial score (nSPS) is 14.8. The number of nitrogens with zero attached hydrogens (tertiary/aromatic N) is 1. The van der Waals surface area contributed by atoms with Crippen LogP contribution in [-0.2, 0) is 11.3 Å². The van der Waals surface area contributed by atoms with Gasteiger partial charge in [-0.2, -0.15) is 0 Å². The highest BCUT2D eigenvalue weighted by Gasteiger charge is 2.25. The molecule has 5 heteroatoms. The van der Waals surface area contributed by atoms with Crippen molar-refractivity contribution in [3.8, 4) is 11.5 Å². The number of likely N-dealkylation sites (tertiary alicyclic amines) is 1. The molecule has 2 aromatic carbocycles. The molecule has 0 unspecified atom stereocenters. The molecule has 1 aliphatic rings. The minimum atomic E-state index is 0.0122. The second-order valence-corrected chi connectivity index (χ2v) is 6.80. The number of piperidine rings is 1. The van der Waals surface area contributed by atoms with E-state index in [0.717, 1.165) is 32.5 Å². The lowest BCUT2D eigenvalue weighted by atomic mass is 9.97. The standard InChI is InChI=1S/C22H27NO4/c1-25-19-8-9-20(21(14-19)26-2)22(24)23-12-10-18(11-13-23)16-27-15-17-6-4-3-5-7-17/h3-9,14,18H,10-13,15-16H2,1-2H3. The monoisotopic (exact) mass is 369 g/mol. The third-order valence-corrected chi connectivity index (χ3v) is 5.01. The van der Waals surface area contributed by atoms with Gasteiger partial charge in [-0.05, 0) is 36.5 Å². The number of ether oxygens (including phenoxy) is 3. The molecule has 1 heterocycles. The predicted octanol–water partition coefficient (Wildman–Crippen LogP) is 3.77. The van der Waals surface area contributed by atoms with Gasteiger partial charge in [-0.25, -0.2) is 0 Å². The number of hydrogen-bond acceptors (Lipinski definition) is 4. The van der Waals surface area contributed by atoms with E-state index in [1.807, 2.05) is 23.1 Å². The smallest absolute Gasteiger partial charge is 0.257 e. The van der Waals surface area contributed by atoms with Crippen molar-refractivity contribution in [1.29, 1.82) is 0 Å². The molecule has 2 aromatic rings. The molecule has 1 aliphatic heterocycles. The van der Waals surface area contributed by atoms with Crippen molar-refractivity contribution < 1.29 is 19.0 Å². The van der Waals surface area contributed by atoms with Crippen molar-refractivity contribution in [3.63, 3.8) is 0 Å².